The van der Waals surface area contributed by atoms with E-state index in [-0.39, 0.29) is 12.3 Å². The molecular formula is C16H17N3O4. The second kappa shape index (κ2) is 5.49. The van der Waals surface area contributed by atoms with Gasteiger partial charge in [-0.1, -0.05) is 12.1 Å². The number of fused-ring (bicyclic) bond motifs is 1. The van der Waals surface area contributed by atoms with Crippen molar-refractivity contribution in [2.75, 3.05) is 0 Å². The minimum Gasteiger partial charge on any atom is -0.292 e. The van der Waals surface area contributed by atoms with Crippen molar-refractivity contribution >= 4 is 5.78 Å². The maximum absolute atomic E-state index is 12.4. The number of Topliss-reactive ketones (excluding diaryl/α,β-unsaturated/α-hetero) is 1. The average molecular weight is 315 g/mol. The number of carbonyl (C=O) groups is 1. The summed E-state index contributed by atoms with van der Waals surface area (Å²) in [6.07, 6.45) is 3.04. The number of benzene rings is 1. The normalized spacial score (nSPS) is 13.1. The number of hydrogen-bond donors (Lipinski definition) is 0. The van der Waals surface area contributed by atoms with Crippen LogP contribution in [-0.2, 0) is 33.5 Å². The highest BCUT2D eigenvalue weighted by molar-refractivity contribution is 5.96. The Kier molecular flexibility index (Phi) is 3.63. The molecule has 0 saturated heterocycles. The summed E-state index contributed by atoms with van der Waals surface area (Å²) in [6, 6.07) is 5.49. The Labute approximate surface area is 131 Å². The van der Waals surface area contributed by atoms with E-state index in [9.17, 15) is 19.2 Å². The molecule has 7 nitrogen and oxygen atoms in total. The molecular weight excluding hydrogens is 298 g/mol. The zero-order valence-corrected chi connectivity index (χ0v) is 13.0. The maximum Gasteiger partial charge on any atom is 0.336 e. The van der Waals surface area contributed by atoms with Crippen LogP contribution in [0.4, 0.5) is 0 Å². The lowest BCUT2D eigenvalue weighted by Gasteiger charge is -2.09. The van der Waals surface area contributed by atoms with Gasteiger partial charge in [-0.2, -0.15) is 0 Å². The highest BCUT2D eigenvalue weighted by atomic mass is 16.2. The molecule has 0 saturated carbocycles. The molecule has 0 spiro atoms. The van der Waals surface area contributed by atoms with E-state index in [1.54, 1.807) is 6.07 Å². The summed E-state index contributed by atoms with van der Waals surface area (Å²) < 4.78 is 2.42. The van der Waals surface area contributed by atoms with Gasteiger partial charge >= 0.3 is 17.1 Å². The van der Waals surface area contributed by atoms with Gasteiger partial charge in [0.05, 0.1) is 6.54 Å². The fourth-order valence-corrected chi connectivity index (χ4v) is 2.95. The molecule has 0 unspecified atom stereocenters. The van der Waals surface area contributed by atoms with Crippen LogP contribution >= 0.6 is 0 Å². The van der Waals surface area contributed by atoms with Crippen LogP contribution < -0.4 is 17.1 Å². The number of ketones is 1. The summed E-state index contributed by atoms with van der Waals surface area (Å²) >= 11 is 0. The van der Waals surface area contributed by atoms with E-state index in [0.29, 0.717) is 5.56 Å². The molecule has 1 aromatic heterocycles. The minimum absolute atomic E-state index is 0.322. The molecule has 3 rings (SSSR count). The van der Waals surface area contributed by atoms with Crippen LogP contribution in [0.2, 0.25) is 0 Å². The molecule has 120 valence electrons. The molecule has 0 bridgehead atoms. The van der Waals surface area contributed by atoms with Crippen molar-refractivity contribution in [1.82, 2.24) is 13.7 Å². The molecule has 1 heterocycles. The summed E-state index contributed by atoms with van der Waals surface area (Å²) in [5.74, 6) is -0.322. The Bertz CT molecular complexity index is 938. The monoisotopic (exact) mass is 315 g/mol. The van der Waals surface area contributed by atoms with Gasteiger partial charge in [0, 0.05) is 19.7 Å². The first-order chi connectivity index (χ1) is 10.9. The Balaban J connectivity index is 2.00. The summed E-state index contributed by atoms with van der Waals surface area (Å²) in [5, 5.41) is 0. The molecule has 1 aliphatic rings. The number of aromatic nitrogens is 3. The van der Waals surface area contributed by atoms with Crippen LogP contribution in [0, 0.1) is 0 Å². The largest absolute Gasteiger partial charge is 0.336 e. The van der Waals surface area contributed by atoms with Crippen LogP contribution in [-0.4, -0.2) is 19.5 Å². The van der Waals surface area contributed by atoms with Gasteiger partial charge < -0.3 is 0 Å². The minimum atomic E-state index is -0.785. The SMILES string of the molecule is Cn1c(=O)n(C)c(=O)n(CC(=O)c2ccc3c(c2)CCC3)c1=O. The summed E-state index contributed by atoms with van der Waals surface area (Å²) in [5.41, 5.74) is 0.600. The van der Waals surface area contributed by atoms with Gasteiger partial charge in [0.1, 0.15) is 0 Å². The van der Waals surface area contributed by atoms with Crippen LogP contribution in [0.5, 0.6) is 0 Å². The standard InChI is InChI=1S/C16H17N3O4/c1-17-14(21)18(2)16(23)19(15(17)22)9-13(20)12-7-6-10-4-3-5-11(10)8-12/h6-8H,3-5,9H2,1-2H3. The van der Waals surface area contributed by atoms with Crippen LogP contribution in [0.25, 0.3) is 0 Å². The Morgan fingerprint density at radius 1 is 0.957 bits per heavy atom. The second-order valence-electron chi connectivity index (χ2n) is 5.81. The molecule has 2 aromatic rings. The van der Waals surface area contributed by atoms with Gasteiger partial charge in [-0.05, 0) is 36.5 Å². The molecule has 0 atom stereocenters. The molecule has 1 aromatic carbocycles. The third-order valence-electron chi connectivity index (χ3n) is 4.33. The summed E-state index contributed by atoms with van der Waals surface area (Å²) in [4.78, 5) is 48.3. The molecule has 7 heteroatoms. The smallest absolute Gasteiger partial charge is 0.292 e. The van der Waals surface area contributed by atoms with Gasteiger partial charge in [-0.3, -0.25) is 4.79 Å². The van der Waals surface area contributed by atoms with Gasteiger partial charge in [0.15, 0.2) is 5.78 Å². The lowest BCUT2D eigenvalue weighted by molar-refractivity contribution is 0.0967. The van der Waals surface area contributed by atoms with Crippen molar-refractivity contribution in [2.45, 2.75) is 25.8 Å². The molecule has 0 amide bonds. The first-order valence-electron chi connectivity index (χ1n) is 7.42. The molecule has 0 radical (unpaired) electrons. The van der Waals surface area contributed by atoms with Gasteiger partial charge in [0.2, 0.25) is 0 Å². The zero-order chi connectivity index (χ0) is 16.7. The molecule has 0 aliphatic heterocycles. The first-order valence-corrected chi connectivity index (χ1v) is 7.42. The Morgan fingerprint density at radius 3 is 2.22 bits per heavy atom. The van der Waals surface area contributed by atoms with Gasteiger partial charge in [-0.25, -0.2) is 28.1 Å². The van der Waals surface area contributed by atoms with Crippen molar-refractivity contribution in [3.63, 3.8) is 0 Å². The van der Waals surface area contributed by atoms with Crippen molar-refractivity contribution in [1.29, 1.82) is 0 Å². The second-order valence-corrected chi connectivity index (χ2v) is 5.81. The number of carbonyl (C=O) groups excluding carboxylic acids is 1. The third kappa shape index (κ3) is 2.48. The number of rotatable bonds is 3. The van der Waals surface area contributed by atoms with Crippen molar-refractivity contribution in [3.05, 3.63) is 66.3 Å². The van der Waals surface area contributed by atoms with Crippen molar-refractivity contribution in [2.24, 2.45) is 14.1 Å². The molecule has 1 aliphatic carbocycles. The highest BCUT2D eigenvalue weighted by Gasteiger charge is 2.17. The van der Waals surface area contributed by atoms with E-state index < -0.39 is 17.1 Å². The molecule has 23 heavy (non-hydrogen) atoms. The van der Waals surface area contributed by atoms with E-state index in [2.05, 4.69) is 0 Å². The van der Waals surface area contributed by atoms with Crippen LogP contribution in [0.15, 0.2) is 32.6 Å². The van der Waals surface area contributed by atoms with E-state index in [1.807, 2.05) is 12.1 Å². The van der Waals surface area contributed by atoms with E-state index in [1.165, 1.54) is 19.7 Å². The fraction of sp³-hybridized carbons (Fsp3) is 0.375. The van der Waals surface area contributed by atoms with Crippen LogP contribution in [0.3, 0.4) is 0 Å². The lowest BCUT2D eigenvalue weighted by atomic mass is 10.0. The fourth-order valence-electron chi connectivity index (χ4n) is 2.95. The zero-order valence-electron chi connectivity index (χ0n) is 13.0. The van der Waals surface area contributed by atoms with Crippen LogP contribution in [0.1, 0.15) is 27.9 Å². The van der Waals surface area contributed by atoms with Gasteiger partial charge in [0.25, 0.3) is 0 Å². The number of aryl methyl sites for hydroxylation is 2. The summed E-state index contributed by atoms with van der Waals surface area (Å²) in [6.45, 7) is -0.377. The maximum atomic E-state index is 12.4. The Morgan fingerprint density at radius 2 is 1.57 bits per heavy atom. The molecule has 0 N–H and O–H groups in total. The van der Waals surface area contributed by atoms with E-state index in [4.69, 9.17) is 0 Å². The predicted octanol–water partition coefficient (Wildman–Crippen LogP) is -0.383. The number of nitrogens with zero attached hydrogens (tertiary/aromatic N) is 3. The summed E-state index contributed by atoms with van der Waals surface area (Å²) in [7, 11) is 2.56. The topological polar surface area (TPSA) is 83.1 Å². The first kappa shape index (κ1) is 15.2. The number of hydrogen-bond acceptors (Lipinski definition) is 4. The van der Waals surface area contributed by atoms with Crippen molar-refractivity contribution in [3.8, 4) is 0 Å². The van der Waals surface area contributed by atoms with E-state index in [0.717, 1.165) is 38.5 Å². The van der Waals surface area contributed by atoms with Gasteiger partial charge in [-0.15, -0.1) is 0 Å². The predicted molar refractivity (Wildman–Crippen MR) is 84.0 cm³/mol. The highest BCUT2D eigenvalue weighted by Crippen LogP contribution is 2.23. The lowest BCUT2D eigenvalue weighted by Crippen LogP contribution is -2.53. The Hall–Kier alpha value is -2.70. The van der Waals surface area contributed by atoms with Crippen molar-refractivity contribution < 1.29 is 4.79 Å². The third-order valence-corrected chi connectivity index (χ3v) is 4.33. The van der Waals surface area contributed by atoms with E-state index >= 15 is 0 Å². The average Bonchev–Trinajstić information content (AvgIpc) is 3.02. The molecule has 0 fully saturated rings. The quantitative estimate of drug-likeness (QED) is 0.723.